The number of anilines is 2. The molecule has 0 aromatic carbocycles. The molecule has 3 N–H and O–H groups in total. The van der Waals surface area contributed by atoms with Crippen LogP contribution in [0.1, 0.15) is 37.5 Å². The highest BCUT2D eigenvalue weighted by molar-refractivity contribution is 7.18. The van der Waals surface area contributed by atoms with Crippen LogP contribution in [0.4, 0.5) is 24.9 Å². The van der Waals surface area contributed by atoms with Gasteiger partial charge in [-0.05, 0) is 49.7 Å². The summed E-state index contributed by atoms with van der Waals surface area (Å²) in [6.45, 7) is 8.51. The Hall–Kier alpha value is -3.15. The molecule has 0 radical (unpaired) electrons. The van der Waals surface area contributed by atoms with Crippen molar-refractivity contribution in [2.75, 3.05) is 70.0 Å². The molecule has 0 spiro atoms. The predicted octanol–water partition coefficient (Wildman–Crippen LogP) is 3.90. The Labute approximate surface area is 266 Å². The van der Waals surface area contributed by atoms with Gasteiger partial charge in [0.15, 0.2) is 0 Å². The maximum atomic E-state index is 13.0. The number of nitrogens with one attached hydrogen (secondary N) is 3. The lowest BCUT2D eigenvalue weighted by molar-refractivity contribution is -0.132. The standard InChI is InChI=1S/C31H42F3N9OS/c1-19-20(3-4-26-24(19)13-22(16-35)43(26)12-11-42-10-7-37-17-27(42)44)18-41-8-5-21(6-9-41)38-28-25-14-23(15-31(32,33)34)45-29(25)40-30(36-2)39-28/h13-14,19-21,24,26,37H,3-12,15,17-18H2,1-2H3,(H2,36,38,39,40). The number of aromatic nitrogens is 2. The van der Waals surface area contributed by atoms with E-state index in [1.807, 2.05) is 4.90 Å². The van der Waals surface area contributed by atoms with Crippen LogP contribution in [-0.4, -0.2) is 108 Å². The van der Waals surface area contributed by atoms with E-state index in [-0.39, 0.29) is 16.8 Å². The second-order valence-corrected chi connectivity index (χ2v) is 14.0. The van der Waals surface area contributed by atoms with Gasteiger partial charge in [0.2, 0.25) is 11.9 Å². The number of thiophene rings is 1. The third-order valence-electron chi connectivity index (χ3n) is 10.1. The van der Waals surface area contributed by atoms with Crippen molar-refractivity contribution in [3.05, 3.63) is 22.7 Å². The number of allylic oxidation sites excluding steroid dienone is 1. The van der Waals surface area contributed by atoms with Crippen molar-refractivity contribution >= 4 is 39.2 Å². The molecule has 4 atom stereocenters. The molecule has 4 unspecified atom stereocenters. The number of piperazine rings is 1. The molecular formula is C31H42F3N9OS. The fraction of sp³-hybridized carbons (Fsp3) is 0.677. The number of carbonyl (C=O) groups is 1. The molecule has 3 fully saturated rings. The highest BCUT2D eigenvalue weighted by Gasteiger charge is 2.44. The van der Waals surface area contributed by atoms with Crippen molar-refractivity contribution in [2.45, 2.75) is 57.3 Å². The Kier molecular flexibility index (Phi) is 9.40. The molecule has 1 amide bonds. The number of carbonyl (C=O) groups excluding carboxylic acids is 1. The largest absolute Gasteiger partial charge is 0.393 e. The average molecular weight is 646 g/mol. The molecule has 4 aliphatic rings. The van der Waals surface area contributed by atoms with E-state index in [1.165, 1.54) is 0 Å². The van der Waals surface area contributed by atoms with Crippen molar-refractivity contribution < 1.29 is 18.0 Å². The third kappa shape index (κ3) is 7.15. The molecule has 5 heterocycles. The first-order valence-corrected chi connectivity index (χ1v) is 16.8. The maximum Gasteiger partial charge on any atom is 0.393 e. The summed E-state index contributed by atoms with van der Waals surface area (Å²) in [4.78, 5) is 28.7. The molecule has 244 valence electrons. The van der Waals surface area contributed by atoms with Crippen LogP contribution in [0.5, 0.6) is 0 Å². The fourth-order valence-corrected chi connectivity index (χ4v) is 8.67. The minimum atomic E-state index is -4.27. The van der Waals surface area contributed by atoms with Gasteiger partial charge >= 0.3 is 6.18 Å². The molecule has 2 saturated heterocycles. The van der Waals surface area contributed by atoms with Crippen LogP contribution in [0.25, 0.3) is 10.2 Å². The van der Waals surface area contributed by atoms with Crippen molar-refractivity contribution in [1.29, 1.82) is 5.26 Å². The van der Waals surface area contributed by atoms with E-state index in [9.17, 15) is 23.2 Å². The van der Waals surface area contributed by atoms with Crippen molar-refractivity contribution in [2.24, 2.45) is 17.8 Å². The Morgan fingerprint density at radius 2 is 1.96 bits per heavy atom. The first-order chi connectivity index (χ1) is 21.6. The predicted molar refractivity (Wildman–Crippen MR) is 169 cm³/mol. The molecule has 14 heteroatoms. The molecule has 2 aromatic rings. The van der Waals surface area contributed by atoms with Crippen LogP contribution in [-0.2, 0) is 11.2 Å². The second-order valence-electron chi connectivity index (χ2n) is 12.8. The van der Waals surface area contributed by atoms with E-state index < -0.39 is 12.6 Å². The number of halogens is 3. The van der Waals surface area contributed by atoms with E-state index in [1.54, 1.807) is 13.1 Å². The molecule has 1 aliphatic carbocycles. The third-order valence-corrected chi connectivity index (χ3v) is 11.1. The number of nitriles is 1. The summed E-state index contributed by atoms with van der Waals surface area (Å²) in [7, 11) is 1.71. The summed E-state index contributed by atoms with van der Waals surface area (Å²) in [5.74, 6) is 2.44. The van der Waals surface area contributed by atoms with Gasteiger partial charge in [-0.2, -0.15) is 23.4 Å². The summed E-state index contributed by atoms with van der Waals surface area (Å²) in [6.07, 6.45) is 0.946. The number of hydrogen-bond acceptors (Lipinski definition) is 10. The smallest absolute Gasteiger partial charge is 0.367 e. The van der Waals surface area contributed by atoms with Gasteiger partial charge < -0.3 is 30.7 Å². The monoisotopic (exact) mass is 645 g/mol. The SMILES string of the molecule is CNc1nc(NC2CCN(CC3CCC4C(C=C(C#N)N4CCN4CCNCC4=O)C3C)CC2)c2cc(CC(F)(F)F)sc2n1. The number of hydrogen-bond donors (Lipinski definition) is 3. The maximum absolute atomic E-state index is 13.0. The van der Waals surface area contributed by atoms with E-state index in [2.05, 4.69) is 54.8 Å². The van der Waals surface area contributed by atoms with Gasteiger partial charge in [-0.15, -0.1) is 11.3 Å². The first kappa shape index (κ1) is 31.8. The number of piperidine rings is 1. The van der Waals surface area contributed by atoms with Crippen LogP contribution < -0.4 is 16.0 Å². The first-order valence-electron chi connectivity index (χ1n) is 16.0. The Bertz CT molecular complexity index is 1450. The number of amides is 1. The summed E-state index contributed by atoms with van der Waals surface area (Å²) >= 11 is 1.07. The van der Waals surface area contributed by atoms with E-state index in [4.69, 9.17) is 0 Å². The minimum absolute atomic E-state index is 0.130. The normalized spacial score (nSPS) is 26.6. The molecular weight excluding hydrogens is 603 g/mol. The van der Waals surface area contributed by atoms with Crippen LogP contribution in [0.15, 0.2) is 17.8 Å². The number of fused-ring (bicyclic) bond motifs is 2. The van der Waals surface area contributed by atoms with Gasteiger partial charge in [0.05, 0.1) is 18.4 Å². The highest BCUT2D eigenvalue weighted by atomic mass is 32.1. The van der Waals surface area contributed by atoms with Crippen LogP contribution in [0.3, 0.4) is 0 Å². The number of likely N-dealkylation sites (tertiary alicyclic amines) is 1. The van der Waals surface area contributed by atoms with Gasteiger partial charge in [-0.25, -0.2) is 4.98 Å². The van der Waals surface area contributed by atoms with Crippen molar-refractivity contribution in [1.82, 2.24) is 30.0 Å². The number of rotatable bonds is 9. The van der Waals surface area contributed by atoms with Gasteiger partial charge in [0, 0.05) is 75.7 Å². The summed E-state index contributed by atoms with van der Waals surface area (Å²) < 4.78 is 39.1. The minimum Gasteiger partial charge on any atom is -0.367 e. The lowest BCUT2D eigenvalue weighted by atomic mass is 9.70. The summed E-state index contributed by atoms with van der Waals surface area (Å²) in [5, 5.41) is 20.1. The number of alkyl halides is 3. The second kappa shape index (κ2) is 13.3. The van der Waals surface area contributed by atoms with Crippen LogP contribution in [0.2, 0.25) is 0 Å². The lowest BCUT2D eigenvalue weighted by Gasteiger charge is -2.44. The highest BCUT2D eigenvalue weighted by Crippen LogP contribution is 2.44. The van der Waals surface area contributed by atoms with Crippen LogP contribution >= 0.6 is 11.3 Å². The molecule has 10 nitrogen and oxygen atoms in total. The lowest BCUT2D eigenvalue weighted by Crippen LogP contribution is -2.51. The molecule has 45 heavy (non-hydrogen) atoms. The van der Waals surface area contributed by atoms with Gasteiger partial charge in [0.1, 0.15) is 22.4 Å². The van der Waals surface area contributed by atoms with E-state index >= 15 is 0 Å². The molecule has 2 aromatic heterocycles. The van der Waals surface area contributed by atoms with Gasteiger partial charge in [-0.1, -0.05) is 6.92 Å². The molecule has 0 bridgehead atoms. The Morgan fingerprint density at radius 1 is 1.16 bits per heavy atom. The Balaban J connectivity index is 1.03. The molecule has 1 saturated carbocycles. The van der Waals surface area contributed by atoms with Crippen molar-refractivity contribution in [3.8, 4) is 6.07 Å². The molecule has 6 rings (SSSR count). The summed E-state index contributed by atoms with van der Waals surface area (Å²) in [5.41, 5.74) is 0.753. The number of nitrogens with zero attached hydrogens (tertiary/aromatic N) is 6. The molecule has 3 aliphatic heterocycles. The van der Waals surface area contributed by atoms with E-state index in [0.717, 1.165) is 68.9 Å². The zero-order valence-electron chi connectivity index (χ0n) is 25.9. The average Bonchev–Trinajstić information content (AvgIpc) is 3.58. The van der Waals surface area contributed by atoms with Crippen molar-refractivity contribution in [3.63, 3.8) is 0 Å². The topological polar surface area (TPSA) is 112 Å². The quantitative estimate of drug-likeness (QED) is 0.374. The summed E-state index contributed by atoms with van der Waals surface area (Å²) in [6, 6.07) is 4.50. The van der Waals surface area contributed by atoms with Gasteiger partial charge in [-0.3, -0.25) is 4.79 Å². The zero-order chi connectivity index (χ0) is 31.7. The fourth-order valence-electron chi connectivity index (χ4n) is 7.61. The van der Waals surface area contributed by atoms with E-state index in [0.29, 0.717) is 72.0 Å². The van der Waals surface area contributed by atoms with Gasteiger partial charge in [0.25, 0.3) is 0 Å². The van der Waals surface area contributed by atoms with Crippen LogP contribution in [0, 0.1) is 29.1 Å². The zero-order valence-corrected chi connectivity index (χ0v) is 26.7. The Morgan fingerprint density at radius 3 is 2.67 bits per heavy atom.